The fourth-order valence-electron chi connectivity index (χ4n) is 4.54. The Hall–Kier alpha value is -4.44. The van der Waals surface area contributed by atoms with Crippen molar-refractivity contribution in [1.82, 2.24) is 20.4 Å². The Labute approximate surface area is 269 Å². The molecule has 0 saturated carbocycles. The van der Waals surface area contributed by atoms with E-state index in [1.807, 2.05) is 0 Å². The molecule has 2 heterocycles. The second-order valence-corrected chi connectivity index (χ2v) is 11.9. The molecule has 3 rings (SSSR count). The van der Waals surface area contributed by atoms with Gasteiger partial charge in [-0.1, -0.05) is 12.1 Å². The van der Waals surface area contributed by atoms with Gasteiger partial charge in [0.1, 0.15) is 25.8 Å². The number of benzene rings is 1. The molecule has 1 aromatic carbocycles. The van der Waals surface area contributed by atoms with Gasteiger partial charge in [-0.2, -0.15) is 0 Å². The van der Waals surface area contributed by atoms with E-state index in [1.54, 1.807) is 24.3 Å². The standard InChI is InChI=1S/C30H37N5O10S/c36-13-1-11-35-29(43)16-23(30(35)44)46-15-10-24(38)33-22(9-14-37)17-31-25(39)18-45-19-26(40)32-21-5-2-20(3-6-21)4-7-27(41)34-12-8-28(34)42/h2-3,5-6,13-14,22-23H,1,4,7-12,15-19H2,(H,31,39)(H,32,40)(H,33,38)/t22-,23?/m0/s1. The van der Waals surface area contributed by atoms with E-state index in [2.05, 4.69) is 16.0 Å². The number of carbonyl (C=O) groups excluding carboxylic acids is 9. The minimum atomic E-state index is -0.685. The van der Waals surface area contributed by atoms with E-state index in [1.165, 1.54) is 16.7 Å². The first-order valence-electron chi connectivity index (χ1n) is 14.8. The molecule has 2 aliphatic rings. The Kier molecular flexibility index (Phi) is 14.5. The fraction of sp³-hybridized carbons (Fsp3) is 0.500. The predicted molar refractivity (Wildman–Crippen MR) is 164 cm³/mol. The maximum Gasteiger partial charge on any atom is 0.250 e. The first-order chi connectivity index (χ1) is 22.1. The summed E-state index contributed by atoms with van der Waals surface area (Å²) in [5, 5.41) is 7.21. The lowest BCUT2D eigenvalue weighted by Crippen LogP contribution is -2.47. The van der Waals surface area contributed by atoms with Crippen LogP contribution in [0.2, 0.25) is 0 Å². The number of hydrogen-bond donors (Lipinski definition) is 3. The quantitative estimate of drug-likeness (QED) is 0.0912. The van der Waals surface area contributed by atoms with E-state index in [4.69, 9.17) is 4.74 Å². The normalized spacial score (nSPS) is 16.4. The highest BCUT2D eigenvalue weighted by atomic mass is 32.2. The molecule has 1 unspecified atom stereocenters. The van der Waals surface area contributed by atoms with Gasteiger partial charge in [-0.3, -0.25) is 43.4 Å². The van der Waals surface area contributed by atoms with Gasteiger partial charge in [-0.25, -0.2) is 0 Å². The van der Waals surface area contributed by atoms with Crippen LogP contribution >= 0.6 is 11.8 Å². The molecular formula is C30H37N5O10S. The Morgan fingerprint density at radius 2 is 1.70 bits per heavy atom. The Morgan fingerprint density at radius 1 is 0.957 bits per heavy atom. The molecule has 1 aromatic rings. The number of imide groups is 2. The summed E-state index contributed by atoms with van der Waals surface area (Å²) in [6.07, 6.45) is 2.35. The van der Waals surface area contributed by atoms with Crippen LogP contribution in [-0.2, 0) is 54.3 Å². The SMILES string of the molecule is O=CCCN1C(=O)CC(SCCC(=O)N[C@@H](CC=O)CNC(=O)COCC(=O)Nc2ccc(CCC(=O)N3CCC3=O)cc2)C1=O. The highest BCUT2D eigenvalue weighted by Gasteiger charge is 2.38. The topological polar surface area (TPSA) is 205 Å². The van der Waals surface area contributed by atoms with Crippen molar-refractivity contribution in [2.75, 3.05) is 43.9 Å². The number of thioether (sulfide) groups is 1. The zero-order chi connectivity index (χ0) is 33.5. The number of aryl methyl sites for hydroxylation is 1. The van der Waals surface area contributed by atoms with Crippen molar-refractivity contribution >= 4 is 71.4 Å². The van der Waals surface area contributed by atoms with Crippen molar-refractivity contribution in [2.45, 2.75) is 56.2 Å². The van der Waals surface area contributed by atoms with Crippen LogP contribution in [0.5, 0.6) is 0 Å². The number of anilines is 1. The lowest BCUT2D eigenvalue weighted by Gasteiger charge is -2.28. The monoisotopic (exact) mass is 659 g/mol. The van der Waals surface area contributed by atoms with Gasteiger partial charge in [0.25, 0.3) is 0 Å². The van der Waals surface area contributed by atoms with E-state index in [-0.39, 0.29) is 74.6 Å². The molecule has 15 nitrogen and oxygen atoms in total. The summed E-state index contributed by atoms with van der Waals surface area (Å²) in [5.74, 6) is -2.29. The number of nitrogens with one attached hydrogen (secondary N) is 3. The number of rotatable bonds is 20. The summed E-state index contributed by atoms with van der Waals surface area (Å²) >= 11 is 1.17. The summed E-state index contributed by atoms with van der Waals surface area (Å²) in [6, 6.07) is 6.16. The first kappa shape index (κ1) is 36.0. The van der Waals surface area contributed by atoms with Gasteiger partial charge in [0.15, 0.2) is 0 Å². The second kappa shape index (κ2) is 18.5. The summed E-state index contributed by atoms with van der Waals surface area (Å²) in [4.78, 5) is 108. The van der Waals surface area contributed by atoms with Crippen molar-refractivity contribution in [2.24, 2.45) is 0 Å². The van der Waals surface area contributed by atoms with Gasteiger partial charge in [0, 0.05) is 69.6 Å². The molecule has 0 spiro atoms. The summed E-state index contributed by atoms with van der Waals surface area (Å²) < 4.78 is 5.16. The third kappa shape index (κ3) is 11.5. The van der Waals surface area contributed by atoms with Gasteiger partial charge in [-0.15, -0.1) is 11.8 Å². The third-order valence-corrected chi connectivity index (χ3v) is 8.31. The summed E-state index contributed by atoms with van der Waals surface area (Å²) in [6.45, 7) is -0.378. The lowest BCUT2D eigenvalue weighted by atomic mass is 10.1. The van der Waals surface area contributed by atoms with Crippen LogP contribution in [0.1, 0.15) is 44.1 Å². The van der Waals surface area contributed by atoms with Crippen molar-refractivity contribution in [3.63, 3.8) is 0 Å². The van der Waals surface area contributed by atoms with Crippen LogP contribution in [0.25, 0.3) is 0 Å². The van der Waals surface area contributed by atoms with Gasteiger partial charge in [0.05, 0.1) is 11.3 Å². The minimum Gasteiger partial charge on any atom is -0.362 e. The molecule has 2 aliphatic heterocycles. The highest BCUT2D eigenvalue weighted by Crippen LogP contribution is 2.25. The van der Waals surface area contributed by atoms with E-state index in [9.17, 15) is 43.2 Å². The second-order valence-electron chi connectivity index (χ2n) is 10.6. The molecule has 0 aromatic heterocycles. The number of amides is 7. The summed E-state index contributed by atoms with van der Waals surface area (Å²) in [7, 11) is 0. The number of aldehydes is 2. The van der Waals surface area contributed by atoms with Crippen molar-refractivity contribution in [3.8, 4) is 0 Å². The molecule has 2 saturated heterocycles. The number of likely N-dealkylation sites (tertiary alicyclic amines) is 2. The highest BCUT2D eigenvalue weighted by molar-refractivity contribution is 8.00. The molecule has 0 radical (unpaired) electrons. The van der Waals surface area contributed by atoms with Gasteiger partial charge in [-0.05, 0) is 24.1 Å². The largest absolute Gasteiger partial charge is 0.362 e. The maximum absolute atomic E-state index is 12.4. The molecular weight excluding hydrogens is 622 g/mol. The van der Waals surface area contributed by atoms with Crippen molar-refractivity contribution < 1.29 is 47.9 Å². The average molecular weight is 660 g/mol. The molecule has 248 valence electrons. The average Bonchev–Trinajstić information content (AvgIpc) is 3.28. The van der Waals surface area contributed by atoms with Gasteiger partial charge in [0.2, 0.25) is 41.4 Å². The number of carbonyl (C=O) groups is 9. The Bertz CT molecular complexity index is 1320. The smallest absolute Gasteiger partial charge is 0.250 e. The van der Waals surface area contributed by atoms with E-state index < -0.39 is 42.2 Å². The van der Waals surface area contributed by atoms with E-state index >= 15 is 0 Å². The first-order valence-corrected chi connectivity index (χ1v) is 15.8. The molecule has 2 atom stereocenters. The minimum absolute atomic E-state index is 0.00924. The zero-order valence-electron chi connectivity index (χ0n) is 25.2. The molecule has 46 heavy (non-hydrogen) atoms. The van der Waals surface area contributed by atoms with Crippen LogP contribution < -0.4 is 16.0 Å². The number of hydrogen-bond acceptors (Lipinski definition) is 11. The molecule has 0 aliphatic carbocycles. The molecule has 16 heteroatoms. The van der Waals surface area contributed by atoms with E-state index in [0.29, 0.717) is 37.6 Å². The number of nitrogens with zero attached hydrogens (tertiary/aromatic N) is 2. The van der Waals surface area contributed by atoms with Crippen LogP contribution in [0.3, 0.4) is 0 Å². The third-order valence-electron chi connectivity index (χ3n) is 7.10. The maximum atomic E-state index is 12.4. The Morgan fingerprint density at radius 3 is 2.35 bits per heavy atom. The van der Waals surface area contributed by atoms with Crippen LogP contribution in [-0.4, -0.2) is 114 Å². The predicted octanol–water partition coefficient (Wildman–Crippen LogP) is -0.637. The molecule has 2 fully saturated rings. The van der Waals surface area contributed by atoms with Crippen molar-refractivity contribution in [1.29, 1.82) is 0 Å². The molecule has 3 N–H and O–H groups in total. The van der Waals surface area contributed by atoms with Crippen LogP contribution in [0.4, 0.5) is 5.69 Å². The van der Waals surface area contributed by atoms with Crippen LogP contribution in [0.15, 0.2) is 24.3 Å². The lowest BCUT2D eigenvalue weighted by molar-refractivity contribution is -0.152. The molecule has 7 amide bonds. The van der Waals surface area contributed by atoms with Gasteiger partial charge < -0.3 is 30.3 Å². The fourth-order valence-corrected chi connectivity index (χ4v) is 5.66. The van der Waals surface area contributed by atoms with Gasteiger partial charge >= 0.3 is 0 Å². The Balaban J connectivity index is 1.28. The van der Waals surface area contributed by atoms with Crippen LogP contribution in [0, 0.1) is 0 Å². The van der Waals surface area contributed by atoms with E-state index in [0.717, 1.165) is 10.5 Å². The van der Waals surface area contributed by atoms with Crippen molar-refractivity contribution in [3.05, 3.63) is 29.8 Å². The number of ether oxygens (including phenoxy) is 1. The summed E-state index contributed by atoms with van der Waals surface area (Å²) in [5.41, 5.74) is 1.37. The molecule has 0 bridgehead atoms. The zero-order valence-corrected chi connectivity index (χ0v) is 26.0. The number of β-lactam (4-membered cyclic amide) rings is 1.